The Hall–Kier alpha value is -3.86. The first-order valence-electron chi connectivity index (χ1n) is 11.2. The van der Waals surface area contributed by atoms with Crippen LogP contribution in [0.25, 0.3) is 5.57 Å². The third kappa shape index (κ3) is 4.82. The van der Waals surface area contributed by atoms with Gasteiger partial charge in [-0.25, -0.2) is 4.90 Å². The smallest absolute Gasteiger partial charge is 0.282 e. The molecule has 33 heavy (non-hydrogen) atoms. The largest absolute Gasteiger partial charge is 0.493 e. The Morgan fingerprint density at radius 3 is 2.12 bits per heavy atom. The predicted octanol–water partition coefficient (Wildman–Crippen LogP) is 5.68. The number of nitrogens with one attached hydrogen (secondary N) is 1. The third-order valence-corrected chi connectivity index (χ3v) is 5.46. The zero-order chi connectivity index (χ0) is 23.4. The highest BCUT2D eigenvalue weighted by molar-refractivity contribution is 6.46. The molecule has 0 aromatic heterocycles. The number of hydrogen-bond donors (Lipinski definition) is 1. The number of anilines is 2. The minimum Gasteiger partial charge on any atom is -0.493 e. The summed E-state index contributed by atoms with van der Waals surface area (Å²) in [5, 5.41) is 3.21. The zero-order valence-corrected chi connectivity index (χ0v) is 19.2. The lowest BCUT2D eigenvalue weighted by molar-refractivity contribution is -0.120. The molecule has 0 saturated carbocycles. The van der Waals surface area contributed by atoms with Crippen molar-refractivity contribution in [3.8, 4) is 5.75 Å². The Bertz CT molecular complexity index is 1160. The first-order valence-corrected chi connectivity index (χ1v) is 11.2. The number of hydrogen-bond acceptors (Lipinski definition) is 4. The van der Waals surface area contributed by atoms with Gasteiger partial charge in [0.15, 0.2) is 0 Å². The van der Waals surface area contributed by atoms with Gasteiger partial charge in [-0.3, -0.25) is 9.59 Å². The Balaban J connectivity index is 1.67. The summed E-state index contributed by atoms with van der Waals surface area (Å²) in [6.45, 7) is 6.86. The van der Waals surface area contributed by atoms with Gasteiger partial charge in [-0.05, 0) is 59.9 Å². The van der Waals surface area contributed by atoms with Gasteiger partial charge in [0.1, 0.15) is 11.4 Å². The second-order valence-electron chi connectivity index (χ2n) is 8.44. The fourth-order valence-corrected chi connectivity index (χ4v) is 3.68. The van der Waals surface area contributed by atoms with E-state index >= 15 is 0 Å². The fourth-order valence-electron chi connectivity index (χ4n) is 3.68. The second kappa shape index (κ2) is 9.74. The van der Waals surface area contributed by atoms with Crippen LogP contribution >= 0.6 is 0 Å². The molecule has 168 valence electrons. The third-order valence-electron chi connectivity index (χ3n) is 5.46. The van der Waals surface area contributed by atoms with Crippen LogP contribution in [-0.4, -0.2) is 18.4 Å². The summed E-state index contributed by atoms with van der Waals surface area (Å²) in [5.41, 5.74) is 3.80. The van der Waals surface area contributed by atoms with Gasteiger partial charge in [0.25, 0.3) is 11.8 Å². The van der Waals surface area contributed by atoms with Crippen LogP contribution in [0.2, 0.25) is 0 Å². The summed E-state index contributed by atoms with van der Waals surface area (Å²) in [6, 6.07) is 24.2. The zero-order valence-electron chi connectivity index (χ0n) is 19.2. The summed E-state index contributed by atoms with van der Waals surface area (Å²) in [6.07, 6.45) is 0.931. The normalized spacial score (nSPS) is 13.8. The average molecular weight is 441 g/mol. The first kappa shape index (κ1) is 22.3. The minimum absolute atomic E-state index is 0.274. The number of aryl methyl sites for hydroxylation is 1. The molecule has 0 fully saturated rings. The lowest BCUT2D eigenvalue weighted by Crippen LogP contribution is -2.32. The van der Waals surface area contributed by atoms with E-state index in [4.69, 9.17) is 4.74 Å². The summed E-state index contributed by atoms with van der Waals surface area (Å²) in [4.78, 5) is 28.2. The topological polar surface area (TPSA) is 58.6 Å². The summed E-state index contributed by atoms with van der Waals surface area (Å²) in [7, 11) is 0. The molecule has 0 radical (unpaired) electrons. The Kier molecular flexibility index (Phi) is 6.59. The van der Waals surface area contributed by atoms with Crippen molar-refractivity contribution in [1.29, 1.82) is 0 Å². The number of nitrogens with zero attached hydrogens (tertiary/aromatic N) is 1. The van der Waals surface area contributed by atoms with Gasteiger partial charge in [0, 0.05) is 5.69 Å². The van der Waals surface area contributed by atoms with Gasteiger partial charge in [-0.2, -0.15) is 0 Å². The van der Waals surface area contributed by atoms with Crippen molar-refractivity contribution in [3.05, 3.63) is 95.7 Å². The van der Waals surface area contributed by atoms with E-state index in [2.05, 4.69) is 26.1 Å². The van der Waals surface area contributed by atoms with Crippen LogP contribution in [0.15, 0.2) is 84.6 Å². The lowest BCUT2D eigenvalue weighted by atomic mass is 10.0. The number of carbonyl (C=O) groups is 2. The lowest BCUT2D eigenvalue weighted by Gasteiger charge is -2.16. The van der Waals surface area contributed by atoms with Crippen molar-refractivity contribution in [1.82, 2.24) is 0 Å². The monoisotopic (exact) mass is 440 g/mol. The van der Waals surface area contributed by atoms with Gasteiger partial charge < -0.3 is 10.1 Å². The Morgan fingerprint density at radius 1 is 0.848 bits per heavy atom. The Labute approximate surface area is 194 Å². The van der Waals surface area contributed by atoms with Gasteiger partial charge in [0.2, 0.25) is 0 Å². The van der Waals surface area contributed by atoms with Crippen molar-refractivity contribution in [2.45, 2.75) is 27.2 Å². The number of ether oxygens (including phenoxy) is 1. The van der Waals surface area contributed by atoms with Crippen molar-refractivity contribution >= 4 is 28.8 Å². The van der Waals surface area contributed by atoms with E-state index in [1.807, 2.05) is 54.6 Å². The highest BCUT2D eigenvalue weighted by Gasteiger charge is 2.40. The van der Waals surface area contributed by atoms with E-state index in [0.29, 0.717) is 35.1 Å². The molecule has 1 aliphatic rings. The molecule has 5 nitrogen and oxygen atoms in total. The number of carbonyl (C=O) groups excluding carboxylic acids is 2. The summed E-state index contributed by atoms with van der Waals surface area (Å²) < 4.78 is 5.74. The SMILES string of the molecule is CCc1ccc(NC2=C(c3ccccc3)C(=O)N(c3ccc(OCC(C)C)cc3)C2=O)cc1. The van der Waals surface area contributed by atoms with Crippen molar-refractivity contribution in [3.63, 3.8) is 0 Å². The van der Waals surface area contributed by atoms with Gasteiger partial charge in [-0.1, -0.05) is 63.2 Å². The van der Waals surface area contributed by atoms with Crippen LogP contribution in [-0.2, 0) is 16.0 Å². The molecule has 0 bridgehead atoms. The average Bonchev–Trinajstić information content (AvgIpc) is 3.08. The molecule has 1 N–H and O–H groups in total. The van der Waals surface area contributed by atoms with E-state index in [9.17, 15) is 9.59 Å². The molecular weight excluding hydrogens is 412 g/mol. The number of imide groups is 1. The molecule has 2 amide bonds. The Morgan fingerprint density at radius 2 is 1.52 bits per heavy atom. The van der Waals surface area contributed by atoms with Crippen molar-refractivity contribution < 1.29 is 14.3 Å². The van der Waals surface area contributed by atoms with Crippen LogP contribution in [0, 0.1) is 5.92 Å². The molecule has 1 heterocycles. The molecule has 3 aromatic carbocycles. The van der Waals surface area contributed by atoms with Gasteiger partial charge in [-0.15, -0.1) is 0 Å². The molecule has 0 saturated heterocycles. The number of benzene rings is 3. The molecule has 1 aliphatic heterocycles. The van der Waals surface area contributed by atoms with Crippen LogP contribution in [0.5, 0.6) is 5.75 Å². The van der Waals surface area contributed by atoms with Crippen LogP contribution in [0.1, 0.15) is 31.9 Å². The van der Waals surface area contributed by atoms with Gasteiger partial charge in [0.05, 0.1) is 17.9 Å². The number of amides is 2. The molecular formula is C28H28N2O3. The molecule has 0 atom stereocenters. The maximum absolute atomic E-state index is 13.5. The number of rotatable bonds is 8. The van der Waals surface area contributed by atoms with Crippen LogP contribution in [0.3, 0.4) is 0 Å². The summed E-state index contributed by atoms with van der Waals surface area (Å²) in [5.74, 6) is 0.380. The van der Waals surface area contributed by atoms with E-state index in [1.165, 1.54) is 10.5 Å². The van der Waals surface area contributed by atoms with Crippen molar-refractivity contribution in [2.75, 3.05) is 16.8 Å². The first-order chi connectivity index (χ1) is 16.0. The summed E-state index contributed by atoms with van der Waals surface area (Å²) >= 11 is 0. The van der Waals surface area contributed by atoms with E-state index in [-0.39, 0.29) is 17.5 Å². The molecule has 5 heteroatoms. The van der Waals surface area contributed by atoms with Crippen LogP contribution < -0.4 is 15.0 Å². The van der Waals surface area contributed by atoms with E-state index in [0.717, 1.165) is 12.1 Å². The molecule has 3 aromatic rings. The molecule has 0 spiro atoms. The minimum atomic E-state index is -0.380. The molecule has 4 rings (SSSR count). The van der Waals surface area contributed by atoms with Crippen LogP contribution in [0.4, 0.5) is 11.4 Å². The standard InChI is InChI=1S/C28H28N2O3/c1-4-20-10-12-22(13-11-20)29-26-25(21-8-6-5-7-9-21)27(31)30(28(26)32)23-14-16-24(17-15-23)33-18-19(2)3/h5-17,19,29H,4,18H2,1-3H3. The quantitative estimate of drug-likeness (QED) is 0.458. The van der Waals surface area contributed by atoms with E-state index in [1.54, 1.807) is 24.3 Å². The maximum atomic E-state index is 13.5. The fraction of sp³-hybridized carbons (Fsp3) is 0.214. The highest BCUT2D eigenvalue weighted by atomic mass is 16.5. The molecule has 0 unspecified atom stereocenters. The van der Waals surface area contributed by atoms with Gasteiger partial charge >= 0.3 is 0 Å². The highest BCUT2D eigenvalue weighted by Crippen LogP contribution is 2.34. The van der Waals surface area contributed by atoms with E-state index < -0.39 is 0 Å². The predicted molar refractivity (Wildman–Crippen MR) is 132 cm³/mol. The van der Waals surface area contributed by atoms with Crippen molar-refractivity contribution in [2.24, 2.45) is 5.92 Å². The molecule has 0 aliphatic carbocycles. The maximum Gasteiger partial charge on any atom is 0.282 e. The second-order valence-corrected chi connectivity index (χ2v) is 8.44.